The Kier molecular flexibility index (Phi) is 4.02. The largest absolute Gasteiger partial charge is 0.382 e. The van der Waals surface area contributed by atoms with Crippen molar-refractivity contribution in [2.45, 2.75) is 50.6 Å². The standard InChI is InChI=1S/C16H23FN2/c17-12-5-3-6-13(11-12)19-16-8-2-1-7-14(16)15-9-4-10-18-15/h3,5-6,11,14-16,18-19H,1-2,4,7-10H2. The van der Waals surface area contributed by atoms with E-state index in [0.29, 0.717) is 18.0 Å². The van der Waals surface area contributed by atoms with Crippen molar-refractivity contribution in [2.24, 2.45) is 5.92 Å². The molecular formula is C16H23FN2. The lowest BCUT2D eigenvalue weighted by Gasteiger charge is -2.36. The van der Waals surface area contributed by atoms with Gasteiger partial charge in [0.25, 0.3) is 0 Å². The molecular weight excluding hydrogens is 239 g/mol. The van der Waals surface area contributed by atoms with E-state index in [-0.39, 0.29) is 5.82 Å². The van der Waals surface area contributed by atoms with E-state index in [1.54, 1.807) is 12.1 Å². The molecule has 1 aromatic carbocycles. The zero-order valence-corrected chi connectivity index (χ0v) is 11.4. The Morgan fingerprint density at radius 3 is 2.79 bits per heavy atom. The van der Waals surface area contributed by atoms with E-state index in [9.17, 15) is 4.39 Å². The molecule has 1 saturated carbocycles. The number of hydrogen-bond donors (Lipinski definition) is 2. The fourth-order valence-electron chi connectivity index (χ4n) is 3.69. The van der Waals surface area contributed by atoms with Gasteiger partial charge in [-0.3, -0.25) is 0 Å². The molecule has 2 N–H and O–H groups in total. The van der Waals surface area contributed by atoms with E-state index in [1.165, 1.54) is 44.6 Å². The Labute approximate surface area is 114 Å². The van der Waals surface area contributed by atoms with Gasteiger partial charge in [-0.2, -0.15) is 0 Å². The first-order valence-electron chi connectivity index (χ1n) is 7.58. The second kappa shape index (κ2) is 5.91. The lowest BCUT2D eigenvalue weighted by atomic mass is 9.79. The Morgan fingerprint density at radius 2 is 2.00 bits per heavy atom. The Hall–Kier alpha value is -1.09. The van der Waals surface area contributed by atoms with Crippen LogP contribution in [0.4, 0.5) is 10.1 Å². The van der Waals surface area contributed by atoms with Crippen molar-refractivity contribution in [1.82, 2.24) is 5.32 Å². The molecule has 1 saturated heterocycles. The molecule has 2 fully saturated rings. The van der Waals surface area contributed by atoms with Crippen LogP contribution in [0.15, 0.2) is 24.3 Å². The average Bonchev–Trinajstić information content (AvgIpc) is 2.93. The second-order valence-corrected chi connectivity index (χ2v) is 5.91. The van der Waals surface area contributed by atoms with Gasteiger partial charge in [0.05, 0.1) is 0 Å². The van der Waals surface area contributed by atoms with Gasteiger partial charge in [-0.25, -0.2) is 4.39 Å². The van der Waals surface area contributed by atoms with Crippen LogP contribution in [-0.2, 0) is 0 Å². The molecule has 2 aliphatic rings. The molecule has 1 aliphatic carbocycles. The second-order valence-electron chi connectivity index (χ2n) is 5.91. The van der Waals surface area contributed by atoms with Crippen molar-refractivity contribution in [2.75, 3.05) is 11.9 Å². The van der Waals surface area contributed by atoms with Crippen LogP contribution in [0.3, 0.4) is 0 Å². The molecule has 0 amide bonds. The minimum atomic E-state index is -0.156. The molecule has 104 valence electrons. The van der Waals surface area contributed by atoms with E-state index in [2.05, 4.69) is 10.6 Å². The molecule has 0 spiro atoms. The quantitative estimate of drug-likeness (QED) is 0.870. The summed E-state index contributed by atoms with van der Waals surface area (Å²) < 4.78 is 13.3. The van der Waals surface area contributed by atoms with Gasteiger partial charge in [0.2, 0.25) is 0 Å². The van der Waals surface area contributed by atoms with Gasteiger partial charge in [-0.15, -0.1) is 0 Å². The van der Waals surface area contributed by atoms with Gasteiger partial charge in [0, 0.05) is 17.8 Å². The molecule has 1 heterocycles. The molecule has 3 unspecified atom stereocenters. The average molecular weight is 262 g/mol. The first kappa shape index (κ1) is 12.9. The number of nitrogens with one attached hydrogen (secondary N) is 2. The van der Waals surface area contributed by atoms with E-state index >= 15 is 0 Å². The highest BCUT2D eigenvalue weighted by atomic mass is 19.1. The highest BCUT2D eigenvalue weighted by molar-refractivity contribution is 5.44. The summed E-state index contributed by atoms with van der Waals surface area (Å²) in [5.41, 5.74) is 0.926. The normalized spacial score (nSPS) is 31.3. The Morgan fingerprint density at radius 1 is 1.11 bits per heavy atom. The predicted molar refractivity (Wildman–Crippen MR) is 76.8 cm³/mol. The zero-order chi connectivity index (χ0) is 13.1. The van der Waals surface area contributed by atoms with Gasteiger partial charge >= 0.3 is 0 Å². The lowest BCUT2D eigenvalue weighted by Crippen LogP contribution is -2.43. The Bertz CT molecular complexity index is 415. The van der Waals surface area contributed by atoms with E-state index in [4.69, 9.17) is 0 Å². The van der Waals surface area contributed by atoms with Crippen LogP contribution in [0.5, 0.6) is 0 Å². The molecule has 0 aromatic heterocycles. The summed E-state index contributed by atoms with van der Waals surface area (Å²) in [7, 11) is 0. The molecule has 0 radical (unpaired) electrons. The summed E-state index contributed by atoms with van der Waals surface area (Å²) in [6.45, 7) is 1.16. The van der Waals surface area contributed by atoms with Gasteiger partial charge in [0.15, 0.2) is 0 Å². The van der Waals surface area contributed by atoms with E-state index < -0.39 is 0 Å². The van der Waals surface area contributed by atoms with Crippen LogP contribution in [0.2, 0.25) is 0 Å². The first-order valence-corrected chi connectivity index (χ1v) is 7.58. The number of benzene rings is 1. The monoisotopic (exact) mass is 262 g/mol. The summed E-state index contributed by atoms with van der Waals surface area (Å²) in [6.07, 6.45) is 7.73. The van der Waals surface area contributed by atoms with E-state index in [0.717, 1.165) is 12.2 Å². The zero-order valence-electron chi connectivity index (χ0n) is 11.4. The molecule has 2 nitrogen and oxygen atoms in total. The Balaban J connectivity index is 1.69. The number of halogens is 1. The molecule has 0 bridgehead atoms. The van der Waals surface area contributed by atoms with Crippen molar-refractivity contribution < 1.29 is 4.39 Å². The highest BCUT2D eigenvalue weighted by Crippen LogP contribution is 2.32. The highest BCUT2D eigenvalue weighted by Gasteiger charge is 2.33. The van der Waals surface area contributed by atoms with Crippen molar-refractivity contribution >= 4 is 5.69 Å². The minimum absolute atomic E-state index is 0.156. The van der Waals surface area contributed by atoms with Gasteiger partial charge in [0.1, 0.15) is 5.82 Å². The third-order valence-corrected chi connectivity index (χ3v) is 4.61. The summed E-state index contributed by atoms with van der Waals surface area (Å²) in [5.74, 6) is 0.538. The first-order chi connectivity index (χ1) is 9.33. The molecule has 3 atom stereocenters. The molecule has 1 aromatic rings. The minimum Gasteiger partial charge on any atom is -0.382 e. The maximum Gasteiger partial charge on any atom is 0.125 e. The van der Waals surface area contributed by atoms with Crippen LogP contribution in [0.25, 0.3) is 0 Å². The molecule has 3 rings (SSSR count). The fraction of sp³-hybridized carbons (Fsp3) is 0.625. The van der Waals surface area contributed by atoms with E-state index in [1.807, 2.05) is 6.07 Å². The number of rotatable bonds is 3. The fourth-order valence-corrected chi connectivity index (χ4v) is 3.69. The number of hydrogen-bond acceptors (Lipinski definition) is 2. The van der Waals surface area contributed by atoms with Gasteiger partial charge in [-0.1, -0.05) is 18.9 Å². The maximum absolute atomic E-state index is 13.3. The summed E-state index contributed by atoms with van der Waals surface area (Å²) in [4.78, 5) is 0. The van der Waals surface area contributed by atoms with Crippen LogP contribution in [0, 0.1) is 11.7 Å². The maximum atomic E-state index is 13.3. The predicted octanol–water partition coefficient (Wildman–Crippen LogP) is 3.55. The van der Waals surface area contributed by atoms with Crippen molar-refractivity contribution in [3.05, 3.63) is 30.1 Å². The van der Waals surface area contributed by atoms with Crippen molar-refractivity contribution in [3.63, 3.8) is 0 Å². The summed E-state index contributed by atoms with van der Waals surface area (Å²) >= 11 is 0. The smallest absolute Gasteiger partial charge is 0.125 e. The van der Waals surface area contributed by atoms with Crippen LogP contribution in [-0.4, -0.2) is 18.6 Å². The van der Waals surface area contributed by atoms with Gasteiger partial charge < -0.3 is 10.6 Å². The third-order valence-electron chi connectivity index (χ3n) is 4.61. The van der Waals surface area contributed by atoms with Crippen LogP contribution < -0.4 is 10.6 Å². The van der Waals surface area contributed by atoms with Crippen molar-refractivity contribution in [3.8, 4) is 0 Å². The topological polar surface area (TPSA) is 24.1 Å². The molecule has 1 aliphatic heterocycles. The SMILES string of the molecule is Fc1cccc(NC2CCCCC2C2CCCN2)c1. The summed E-state index contributed by atoms with van der Waals surface area (Å²) in [6, 6.07) is 8.01. The van der Waals surface area contributed by atoms with Crippen molar-refractivity contribution in [1.29, 1.82) is 0 Å². The third kappa shape index (κ3) is 3.08. The van der Waals surface area contributed by atoms with Crippen LogP contribution in [0.1, 0.15) is 38.5 Å². The summed E-state index contributed by atoms with van der Waals surface area (Å²) in [5, 5.41) is 7.21. The van der Waals surface area contributed by atoms with Gasteiger partial charge in [-0.05, 0) is 56.3 Å². The molecule has 19 heavy (non-hydrogen) atoms. The number of anilines is 1. The van der Waals surface area contributed by atoms with Crippen LogP contribution >= 0.6 is 0 Å². The molecule has 3 heteroatoms. The lowest BCUT2D eigenvalue weighted by molar-refractivity contribution is 0.262.